The van der Waals surface area contributed by atoms with Crippen molar-refractivity contribution in [3.63, 3.8) is 0 Å². The minimum Gasteiger partial charge on any atom is -0.393 e. The van der Waals surface area contributed by atoms with Gasteiger partial charge in [-0.1, -0.05) is 20.8 Å². The van der Waals surface area contributed by atoms with Gasteiger partial charge in [-0.3, -0.25) is 4.79 Å². The first kappa shape index (κ1) is 18.9. The highest BCUT2D eigenvalue weighted by Gasteiger charge is 2.70. The van der Waals surface area contributed by atoms with Crippen molar-refractivity contribution >= 4 is 5.78 Å². The highest BCUT2D eigenvalue weighted by molar-refractivity contribution is 5.86. The molecule has 26 heavy (non-hydrogen) atoms. The summed E-state index contributed by atoms with van der Waals surface area (Å²) in [6.07, 6.45) is 5.56. The molecule has 0 aromatic heterocycles. The summed E-state index contributed by atoms with van der Waals surface area (Å²) >= 11 is 0. The molecule has 4 fully saturated rings. The van der Waals surface area contributed by atoms with Crippen LogP contribution >= 0.6 is 0 Å². The Morgan fingerprint density at radius 1 is 1.08 bits per heavy atom. The average Bonchev–Trinajstić information content (AvgIpc) is 2.76. The normalized spacial score (nSPS) is 59.3. The number of ketones is 1. The first-order valence-electron chi connectivity index (χ1n) is 10.6. The average molecular weight is 365 g/mol. The zero-order valence-electron chi connectivity index (χ0n) is 16.7. The van der Waals surface area contributed by atoms with E-state index in [0.717, 1.165) is 38.5 Å². The summed E-state index contributed by atoms with van der Waals surface area (Å²) in [5.41, 5.74) is -1.77. The molecule has 10 unspecified atom stereocenters. The summed E-state index contributed by atoms with van der Waals surface area (Å²) in [6.45, 7) is 7.92. The molecule has 4 rings (SSSR count). The van der Waals surface area contributed by atoms with Crippen LogP contribution in [0, 0.1) is 40.4 Å². The number of carbonyl (C=O) groups is 1. The van der Waals surface area contributed by atoms with Crippen LogP contribution in [0.3, 0.4) is 0 Å². The van der Waals surface area contributed by atoms with E-state index < -0.39 is 17.1 Å². The highest BCUT2D eigenvalue weighted by atomic mass is 16.3. The van der Waals surface area contributed by atoms with E-state index in [0.29, 0.717) is 24.2 Å². The van der Waals surface area contributed by atoms with Crippen molar-refractivity contribution in [1.82, 2.24) is 0 Å². The number of rotatable bonds is 1. The number of carbonyl (C=O) groups excluding carboxylic acids is 1. The molecule has 4 nitrogen and oxygen atoms in total. The minimum atomic E-state index is -1.32. The van der Waals surface area contributed by atoms with Crippen LogP contribution in [0.1, 0.15) is 72.6 Å². The van der Waals surface area contributed by atoms with Gasteiger partial charge < -0.3 is 15.3 Å². The molecule has 4 heteroatoms. The van der Waals surface area contributed by atoms with Gasteiger partial charge in [0.25, 0.3) is 0 Å². The van der Waals surface area contributed by atoms with E-state index in [2.05, 4.69) is 13.8 Å². The molecule has 0 bridgehead atoms. The fourth-order valence-corrected chi connectivity index (χ4v) is 8.44. The van der Waals surface area contributed by atoms with E-state index in [4.69, 9.17) is 0 Å². The molecular weight excluding hydrogens is 328 g/mol. The van der Waals surface area contributed by atoms with Crippen molar-refractivity contribution in [3.05, 3.63) is 0 Å². The van der Waals surface area contributed by atoms with E-state index in [1.165, 1.54) is 6.92 Å². The predicted molar refractivity (Wildman–Crippen MR) is 99.3 cm³/mol. The van der Waals surface area contributed by atoms with Crippen LogP contribution in [-0.4, -0.2) is 38.9 Å². The predicted octanol–water partition coefficient (Wildman–Crippen LogP) is 2.93. The minimum absolute atomic E-state index is 0.0559. The van der Waals surface area contributed by atoms with Crippen molar-refractivity contribution in [1.29, 1.82) is 0 Å². The molecule has 148 valence electrons. The topological polar surface area (TPSA) is 77.8 Å². The van der Waals surface area contributed by atoms with Gasteiger partial charge in [0.05, 0.1) is 12.2 Å². The number of fused-ring (bicyclic) bond motifs is 5. The van der Waals surface area contributed by atoms with Crippen LogP contribution in [0.4, 0.5) is 0 Å². The maximum atomic E-state index is 12.5. The molecule has 3 N–H and O–H groups in total. The van der Waals surface area contributed by atoms with Crippen molar-refractivity contribution in [2.45, 2.75) is 90.4 Å². The van der Waals surface area contributed by atoms with Gasteiger partial charge in [-0.2, -0.15) is 0 Å². The standard InChI is InChI=1S/C22H36O4/c1-12-9-17-16-6-5-14-10-15(24)7-8-20(14,3)19(16)18(25)11-21(17,4)22(12,26)13(2)23/h12,14-19,24-26H,5-11H2,1-4H3. The molecule has 10 atom stereocenters. The van der Waals surface area contributed by atoms with Gasteiger partial charge in [-0.15, -0.1) is 0 Å². The maximum Gasteiger partial charge on any atom is 0.162 e. The Kier molecular flexibility index (Phi) is 4.20. The first-order chi connectivity index (χ1) is 12.1. The molecule has 0 aromatic rings. The van der Waals surface area contributed by atoms with Crippen LogP contribution in [0.25, 0.3) is 0 Å². The third-order valence-corrected chi connectivity index (χ3v) is 9.69. The highest BCUT2D eigenvalue weighted by Crippen LogP contribution is 2.69. The molecule has 4 aliphatic carbocycles. The van der Waals surface area contributed by atoms with E-state index >= 15 is 0 Å². The number of aliphatic hydroxyl groups excluding tert-OH is 2. The smallest absolute Gasteiger partial charge is 0.162 e. The Hall–Kier alpha value is -0.450. The molecule has 0 saturated heterocycles. The molecule has 4 aliphatic rings. The second-order valence-electron chi connectivity index (χ2n) is 10.7. The van der Waals surface area contributed by atoms with Crippen LogP contribution < -0.4 is 0 Å². The fraction of sp³-hybridized carbons (Fsp3) is 0.955. The molecule has 4 saturated carbocycles. The van der Waals surface area contributed by atoms with Crippen molar-refractivity contribution in [2.75, 3.05) is 0 Å². The summed E-state index contributed by atoms with van der Waals surface area (Å²) in [4.78, 5) is 12.5. The van der Waals surface area contributed by atoms with Crippen LogP contribution in [-0.2, 0) is 4.79 Å². The lowest BCUT2D eigenvalue weighted by Gasteiger charge is -2.62. The largest absolute Gasteiger partial charge is 0.393 e. The number of hydrogen-bond donors (Lipinski definition) is 3. The molecule has 0 aliphatic heterocycles. The molecule has 0 aromatic carbocycles. The van der Waals surface area contributed by atoms with Gasteiger partial charge in [0, 0.05) is 5.41 Å². The lowest BCUT2D eigenvalue weighted by molar-refractivity contribution is -0.203. The third-order valence-electron chi connectivity index (χ3n) is 9.69. The number of Topliss-reactive ketones (excluding diaryl/α,β-unsaturated/α-hetero) is 1. The Morgan fingerprint density at radius 2 is 1.77 bits per heavy atom. The van der Waals surface area contributed by atoms with Crippen molar-refractivity contribution in [3.8, 4) is 0 Å². The second-order valence-corrected chi connectivity index (χ2v) is 10.7. The monoisotopic (exact) mass is 364 g/mol. The summed E-state index contributed by atoms with van der Waals surface area (Å²) in [5, 5.41) is 32.9. The Morgan fingerprint density at radius 3 is 2.42 bits per heavy atom. The summed E-state index contributed by atoms with van der Waals surface area (Å²) in [5.74, 6) is 1.19. The first-order valence-corrected chi connectivity index (χ1v) is 10.6. The zero-order chi connectivity index (χ0) is 19.1. The van der Waals surface area contributed by atoms with Gasteiger partial charge in [-0.25, -0.2) is 0 Å². The second kappa shape index (κ2) is 5.78. The molecular formula is C22H36O4. The van der Waals surface area contributed by atoms with E-state index in [1.54, 1.807) is 0 Å². The Balaban J connectivity index is 1.73. The van der Waals surface area contributed by atoms with E-state index in [9.17, 15) is 20.1 Å². The molecule has 0 heterocycles. The maximum absolute atomic E-state index is 12.5. The molecule has 0 radical (unpaired) electrons. The van der Waals surface area contributed by atoms with Crippen LogP contribution in [0.5, 0.6) is 0 Å². The zero-order valence-corrected chi connectivity index (χ0v) is 16.7. The summed E-state index contributed by atoms with van der Waals surface area (Å²) < 4.78 is 0. The number of hydrogen-bond acceptors (Lipinski definition) is 4. The van der Waals surface area contributed by atoms with Crippen LogP contribution in [0.2, 0.25) is 0 Å². The van der Waals surface area contributed by atoms with Gasteiger partial charge in [0.15, 0.2) is 5.78 Å². The Labute approximate surface area is 157 Å². The lowest BCUT2D eigenvalue weighted by atomic mass is 9.43. The van der Waals surface area contributed by atoms with Gasteiger partial charge in [0.2, 0.25) is 0 Å². The van der Waals surface area contributed by atoms with Gasteiger partial charge in [-0.05, 0) is 86.9 Å². The number of aliphatic hydroxyl groups is 3. The van der Waals surface area contributed by atoms with Gasteiger partial charge in [0.1, 0.15) is 5.60 Å². The summed E-state index contributed by atoms with van der Waals surface area (Å²) in [6, 6.07) is 0. The van der Waals surface area contributed by atoms with Crippen molar-refractivity contribution in [2.24, 2.45) is 40.4 Å². The lowest BCUT2D eigenvalue weighted by Crippen LogP contribution is -2.63. The quantitative estimate of drug-likeness (QED) is 0.668. The van der Waals surface area contributed by atoms with E-state index in [1.807, 2.05) is 6.92 Å². The molecule has 0 spiro atoms. The van der Waals surface area contributed by atoms with Crippen LogP contribution in [0.15, 0.2) is 0 Å². The van der Waals surface area contributed by atoms with Crippen molar-refractivity contribution < 1.29 is 20.1 Å². The SMILES string of the molecule is CC(=O)C1(O)C(C)CC2C3CCC4CC(O)CCC4(C)C3C(O)CC21C. The Bertz CT molecular complexity index is 605. The summed E-state index contributed by atoms with van der Waals surface area (Å²) in [7, 11) is 0. The fourth-order valence-electron chi connectivity index (χ4n) is 8.44. The third kappa shape index (κ3) is 2.15. The van der Waals surface area contributed by atoms with E-state index in [-0.39, 0.29) is 29.1 Å². The van der Waals surface area contributed by atoms with Gasteiger partial charge >= 0.3 is 0 Å². The molecule has 0 amide bonds.